The van der Waals surface area contributed by atoms with Gasteiger partial charge in [0, 0.05) is 24.5 Å². The van der Waals surface area contributed by atoms with Crippen LogP contribution >= 0.6 is 15.9 Å². The van der Waals surface area contributed by atoms with E-state index in [0.29, 0.717) is 25.5 Å². The fourth-order valence-corrected chi connectivity index (χ4v) is 3.28. The molecule has 6 nitrogen and oxygen atoms in total. The van der Waals surface area contributed by atoms with Crippen LogP contribution in [-0.2, 0) is 9.53 Å². The minimum atomic E-state index is -0.322. The first kappa shape index (κ1) is 17.0. The van der Waals surface area contributed by atoms with E-state index in [9.17, 15) is 4.79 Å². The van der Waals surface area contributed by atoms with E-state index >= 15 is 0 Å². The number of hydrogen-bond donors (Lipinski definition) is 1. The third kappa shape index (κ3) is 3.47. The van der Waals surface area contributed by atoms with Gasteiger partial charge in [0.05, 0.1) is 18.2 Å². The number of hydrogen-bond acceptors (Lipinski definition) is 6. The van der Waals surface area contributed by atoms with Gasteiger partial charge in [-0.3, -0.25) is 4.79 Å². The molecule has 0 amide bonds. The SMILES string of the molecule is CCOC(=O)[C@H]1C[C@@H](Oc2nccc3cc(OC)c(Br)cc23)CN1. The molecule has 2 aromatic rings. The number of pyridine rings is 1. The summed E-state index contributed by atoms with van der Waals surface area (Å²) in [7, 11) is 1.63. The van der Waals surface area contributed by atoms with Crippen molar-refractivity contribution in [3.05, 3.63) is 28.9 Å². The molecule has 1 N–H and O–H groups in total. The summed E-state index contributed by atoms with van der Waals surface area (Å²) >= 11 is 3.49. The molecule has 1 aliphatic heterocycles. The number of esters is 1. The Balaban J connectivity index is 1.79. The molecule has 1 fully saturated rings. The second-order valence-corrected chi connectivity index (χ2v) is 6.37. The van der Waals surface area contributed by atoms with Crippen LogP contribution in [0.2, 0.25) is 0 Å². The predicted octanol–water partition coefficient (Wildman–Crippen LogP) is 2.68. The largest absolute Gasteiger partial charge is 0.496 e. The molecule has 1 aromatic carbocycles. The van der Waals surface area contributed by atoms with Crippen LogP contribution in [0.3, 0.4) is 0 Å². The van der Waals surface area contributed by atoms with Crippen LogP contribution in [0, 0.1) is 0 Å². The Bertz CT molecular complexity index is 753. The molecule has 0 radical (unpaired) electrons. The Morgan fingerprint density at radius 1 is 1.46 bits per heavy atom. The number of carbonyl (C=O) groups is 1. The minimum absolute atomic E-state index is 0.126. The molecule has 1 aliphatic rings. The summed E-state index contributed by atoms with van der Waals surface area (Å²) in [6.07, 6.45) is 2.14. The summed E-state index contributed by atoms with van der Waals surface area (Å²) in [5.41, 5.74) is 0. The zero-order valence-electron chi connectivity index (χ0n) is 13.5. The molecular weight excluding hydrogens is 376 g/mol. The topological polar surface area (TPSA) is 69.7 Å². The van der Waals surface area contributed by atoms with E-state index in [-0.39, 0.29) is 18.1 Å². The molecule has 2 heterocycles. The van der Waals surface area contributed by atoms with Crippen LogP contribution in [0.1, 0.15) is 13.3 Å². The Kier molecular flexibility index (Phi) is 5.20. The number of carbonyl (C=O) groups excluding carboxylic acids is 1. The number of aromatic nitrogens is 1. The van der Waals surface area contributed by atoms with Gasteiger partial charge in [-0.25, -0.2) is 4.98 Å². The lowest BCUT2D eigenvalue weighted by Gasteiger charge is -2.14. The molecule has 0 bridgehead atoms. The molecule has 24 heavy (non-hydrogen) atoms. The molecule has 2 atom stereocenters. The zero-order chi connectivity index (χ0) is 17.1. The highest BCUT2D eigenvalue weighted by Gasteiger charge is 2.32. The molecule has 1 saturated heterocycles. The monoisotopic (exact) mass is 394 g/mol. The van der Waals surface area contributed by atoms with Crippen LogP contribution < -0.4 is 14.8 Å². The smallest absolute Gasteiger partial charge is 0.323 e. The Hall–Kier alpha value is -1.86. The highest BCUT2D eigenvalue weighted by atomic mass is 79.9. The molecule has 7 heteroatoms. The van der Waals surface area contributed by atoms with Gasteiger partial charge < -0.3 is 19.5 Å². The van der Waals surface area contributed by atoms with Crippen LogP contribution in [0.5, 0.6) is 11.6 Å². The lowest BCUT2D eigenvalue weighted by Crippen LogP contribution is -2.32. The number of ether oxygens (including phenoxy) is 3. The van der Waals surface area contributed by atoms with E-state index in [4.69, 9.17) is 14.2 Å². The Morgan fingerprint density at radius 2 is 2.29 bits per heavy atom. The maximum atomic E-state index is 11.8. The number of nitrogens with zero attached hydrogens (tertiary/aromatic N) is 1. The van der Waals surface area contributed by atoms with Crippen molar-refractivity contribution in [1.82, 2.24) is 10.3 Å². The van der Waals surface area contributed by atoms with Crippen molar-refractivity contribution in [2.75, 3.05) is 20.3 Å². The fraction of sp³-hybridized carbons (Fsp3) is 0.412. The lowest BCUT2D eigenvalue weighted by molar-refractivity contribution is -0.145. The van der Waals surface area contributed by atoms with Crippen molar-refractivity contribution in [3.8, 4) is 11.6 Å². The van der Waals surface area contributed by atoms with Crippen LogP contribution in [0.15, 0.2) is 28.9 Å². The first-order chi connectivity index (χ1) is 11.6. The van der Waals surface area contributed by atoms with Crippen LogP contribution in [-0.4, -0.2) is 43.4 Å². The van der Waals surface area contributed by atoms with Gasteiger partial charge in [-0.2, -0.15) is 0 Å². The number of halogens is 1. The molecule has 3 rings (SSSR count). The molecule has 0 aliphatic carbocycles. The fourth-order valence-electron chi connectivity index (χ4n) is 2.77. The standard InChI is InChI=1S/C17H19BrN2O4/c1-3-23-17(21)14-7-11(9-20-14)24-16-12-8-13(18)15(22-2)6-10(12)4-5-19-16/h4-6,8,11,14,20H,3,7,9H2,1-2H3/t11-,14-/m1/s1. The maximum absolute atomic E-state index is 11.8. The number of benzene rings is 1. The van der Waals surface area contributed by atoms with Gasteiger partial charge in [-0.15, -0.1) is 0 Å². The Morgan fingerprint density at radius 3 is 3.04 bits per heavy atom. The van der Waals surface area contributed by atoms with Gasteiger partial charge in [0.1, 0.15) is 17.9 Å². The second-order valence-electron chi connectivity index (χ2n) is 5.51. The van der Waals surface area contributed by atoms with E-state index < -0.39 is 0 Å². The molecule has 1 aromatic heterocycles. The van der Waals surface area contributed by atoms with Gasteiger partial charge in [0.2, 0.25) is 5.88 Å². The molecule has 0 saturated carbocycles. The first-order valence-electron chi connectivity index (χ1n) is 7.81. The van der Waals surface area contributed by atoms with E-state index in [0.717, 1.165) is 21.0 Å². The van der Waals surface area contributed by atoms with Crippen molar-refractivity contribution in [2.45, 2.75) is 25.5 Å². The van der Waals surface area contributed by atoms with Crippen LogP contribution in [0.25, 0.3) is 10.8 Å². The summed E-state index contributed by atoms with van der Waals surface area (Å²) < 4.78 is 17.2. The van der Waals surface area contributed by atoms with Crippen molar-refractivity contribution >= 4 is 32.7 Å². The predicted molar refractivity (Wildman–Crippen MR) is 93.5 cm³/mol. The zero-order valence-corrected chi connectivity index (χ0v) is 15.1. The third-order valence-corrected chi connectivity index (χ3v) is 4.56. The van der Waals surface area contributed by atoms with Gasteiger partial charge in [0.25, 0.3) is 0 Å². The van der Waals surface area contributed by atoms with Crippen molar-refractivity contribution < 1.29 is 19.0 Å². The number of nitrogens with one attached hydrogen (secondary N) is 1. The normalized spacial score (nSPS) is 20.1. The molecule has 128 valence electrons. The van der Waals surface area contributed by atoms with Crippen molar-refractivity contribution in [3.63, 3.8) is 0 Å². The van der Waals surface area contributed by atoms with Gasteiger partial charge in [-0.05, 0) is 46.4 Å². The van der Waals surface area contributed by atoms with Crippen molar-refractivity contribution in [1.29, 1.82) is 0 Å². The van der Waals surface area contributed by atoms with E-state index in [2.05, 4.69) is 26.2 Å². The summed E-state index contributed by atoms with van der Waals surface area (Å²) in [4.78, 5) is 16.1. The average molecular weight is 395 g/mol. The number of fused-ring (bicyclic) bond motifs is 1. The van der Waals surface area contributed by atoms with Crippen molar-refractivity contribution in [2.24, 2.45) is 0 Å². The first-order valence-corrected chi connectivity index (χ1v) is 8.60. The summed E-state index contributed by atoms with van der Waals surface area (Å²) in [6, 6.07) is 5.45. The maximum Gasteiger partial charge on any atom is 0.323 e. The van der Waals surface area contributed by atoms with E-state index in [1.54, 1.807) is 20.2 Å². The summed E-state index contributed by atoms with van der Waals surface area (Å²) in [6.45, 7) is 2.76. The third-order valence-electron chi connectivity index (χ3n) is 3.94. The molecule has 0 unspecified atom stereocenters. The average Bonchev–Trinajstić information content (AvgIpc) is 3.04. The van der Waals surface area contributed by atoms with E-state index in [1.807, 2.05) is 18.2 Å². The Labute approximate surface area is 148 Å². The van der Waals surface area contributed by atoms with Gasteiger partial charge >= 0.3 is 5.97 Å². The number of methoxy groups -OCH3 is 1. The summed E-state index contributed by atoms with van der Waals surface area (Å²) in [5.74, 6) is 1.07. The highest BCUT2D eigenvalue weighted by molar-refractivity contribution is 9.10. The van der Waals surface area contributed by atoms with E-state index in [1.165, 1.54) is 0 Å². The highest BCUT2D eigenvalue weighted by Crippen LogP contribution is 2.34. The quantitative estimate of drug-likeness (QED) is 0.786. The van der Waals surface area contributed by atoms with Gasteiger partial charge in [0.15, 0.2) is 0 Å². The van der Waals surface area contributed by atoms with Crippen LogP contribution in [0.4, 0.5) is 0 Å². The molecular formula is C17H19BrN2O4. The number of rotatable bonds is 5. The minimum Gasteiger partial charge on any atom is -0.496 e. The van der Waals surface area contributed by atoms with Gasteiger partial charge in [-0.1, -0.05) is 0 Å². The summed E-state index contributed by atoms with van der Waals surface area (Å²) in [5, 5.41) is 5.01. The lowest BCUT2D eigenvalue weighted by atomic mass is 10.1. The molecule has 0 spiro atoms. The second kappa shape index (κ2) is 7.36.